The number of fused-ring (bicyclic) bond motifs is 1. The van der Waals surface area contributed by atoms with E-state index in [-0.39, 0.29) is 0 Å². The molecule has 0 radical (unpaired) electrons. The molecule has 1 saturated heterocycles. The Hall–Kier alpha value is -3.49. The van der Waals surface area contributed by atoms with Crippen LogP contribution in [0.4, 0.5) is 0 Å². The van der Waals surface area contributed by atoms with Gasteiger partial charge in [-0.3, -0.25) is 9.80 Å². The highest BCUT2D eigenvalue weighted by atomic mass is 16.5. The summed E-state index contributed by atoms with van der Waals surface area (Å²) < 4.78 is 12.9. The molecule has 2 aromatic heterocycles. The van der Waals surface area contributed by atoms with Gasteiger partial charge in [0.2, 0.25) is 11.7 Å². The lowest BCUT2D eigenvalue weighted by atomic mass is 10.2. The van der Waals surface area contributed by atoms with Crippen molar-refractivity contribution in [2.45, 2.75) is 32.4 Å². The van der Waals surface area contributed by atoms with Gasteiger partial charge in [0.1, 0.15) is 5.75 Å². The van der Waals surface area contributed by atoms with Crippen LogP contribution in [0.2, 0.25) is 0 Å². The normalized spacial score (nSPS) is 16.5. The highest BCUT2D eigenvalue weighted by Crippen LogP contribution is 2.29. The number of benzene rings is 2. The fourth-order valence-electron chi connectivity index (χ4n) is 5.11. The van der Waals surface area contributed by atoms with Crippen molar-refractivity contribution in [3.05, 3.63) is 77.4 Å². The third-order valence-corrected chi connectivity index (χ3v) is 7.03. The minimum Gasteiger partial charge on any atom is -0.497 e. The molecule has 0 atom stereocenters. The lowest BCUT2D eigenvalue weighted by Crippen LogP contribution is -2.45. The molecular formula is C27H30N6O2. The Bertz CT molecular complexity index is 1270. The highest BCUT2D eigenvalue weighted by molar-refractivity contribution is 5.55. The van der Waals surface area contributed by atoms with Crippen molar-refractivity contribution in [2.24, 2.45) is 0 Å². The molecule has 180 valence electrons. The van der Waals surface area contributed by atoms with E-state index in [0.717, 1.165) is 62.6 Å². The van der Waals surface area contributed by atoms with Gasteiger partial charge in [0.25, 0.3) is 0 Å². The Morgan fingerprint density at radius 1 is 0.886 bits per heavy atom. The standard InChI is InChI=1S/C27H30N6O2/c1-34-22-12-10-20(11-13-22)27-28-26(35-30-27)19-32-16-14-31(15-17-32)18-24-23-8-5-9-25(23)33(29-24)21-6-3-2-4-7-21/h2-4,6-7,10-13H,5,8-9,14-19H2,1H3. The summed E-state index contributed by atoms with van der Waals surface area (Å²) in [4.78, 5) is 9.50. The molecule has 0 saturated carbocycles. The summed E-state index contributed by atoms with van der Waals surface area (Å²) >= 11 is 0. The lowest BCUT2D eigenvalue weighted by Gasteiger charge is -2.33. The van der Waals surface area contributed by atoms with Gasteiger partial charge in [0.15, 0.2) is 0 Å². The zero-order valence-electron chi connectivity index (χ0n) is 20.1. The van der Waals surface area contributed by atoms with E-state index in [0.29, 0.717) is 18.3 Å². The van der Waals surface area contributed by atoms with E-state index in [4.69, 9.17) is 14.4 Å². The molecule has 0 unspecified atom stereocenters. The third kappa shape index (κ3) is 4.59. The summed E-state index contributed by atoms with van der Waals surface area (Å²) in [5, 5.41) is 9.21. The first-order chi connectivity index (χ1) is 17.3. The molecule has 8 nitrogen and oxygen atoms in total. The van der Waals surface area contributed by atoms with Gasteiger partial charge in [-0.05, 0) is 61.2 Å². The van der Waals surface area contributed by atoms with E-state index in [9.17, 15) is 0 Å². The second-order valence-corrected chi connectivity index (χ2v) is 9.27. The molecule has 0 spiro atoms. The Morgan fingerprint density at radius 3 is 2.37 bits per heavy atom. The Balaban J connectivity index is 1.06. The topological polar surface area (TPSA) is 72.5 Å². The molecule has 0 N–H and O–H groups in total. The van der Waals surface area contributed by atoms with Gasteiger partial charge in [0, 0.05) is 44.0 Å². The number of rotatable bonds is 7. The van der Waals surface area contributed by atoms with Gasteiger partial charge in [0.05, 0.1) is 25.0 Å². The number of nitrogens with zero attached hydrogens (tertiary/aromatic N) is 6. The third-order valence-electron chi connectivity index (χ3n) is 7.03. The maximum absolute atomic E-state index is 5.54. The molecule has 2 aromatic carbocycles. The lowest BCUT2D eigenvalue weighted by molar-refractivity contribution is 0.111. The van der Waals surface area contributed by atoms with E-state index in [2.05, 4.69) is 55.0 Å². The first-order valence-electron chi connectivity index (χ1n) is 12.3. The molecule has 6 rings (SSSR count). The Labute approximate surface area is 205 Å². The van der Waals surface area contributed by atoms with Gasteiger partial charge in [-0.2, -0.15) is 10.1 Å². The van der Waals surface area contributed by atoms with Crippen LogP contribution in [0.1, 0.15) is 29.3 Å². The van der Waals surface area contributed by atoms with Crippen LogP contribution < -0.4 is 4.74 Å². The van der Waals surface area contributed by atoms with Crippen LogP contribution in [0.15, 0.2) is 59.1 Å². The maximum atomic E-state index is 5.54. The number of ether oxygens (including phenoxy) is 1. The fraction of sp³-hybridized carbons (Fsp3) is 0.370. The number of aromatic nitrogens is 4. The summed E-state index contributed by atoms with van der Waals surface area (Å²) in [6.45, 7) is 5.55. The van der Waals surface area contributed by atoms with Gasteiger partial charge in [-0.15, -0.1) is 0 Å². The molecule has 0 bridgehead atoms. The summed E-state index contributed by atoms with van der Waals surface area (Å²) in [5.41, 5.74) is 6.20. The molecule has 2 aliphatic rings. The van der Waals surface area contributed by atoms with E-state index in [1.807, 2.05) is 24.3 Å². The van der Waals surface area contributed by atoms with Crippen LogP contribution >= 0.6 is 0 Å². The van der Waals surface area contributed by atoms with E-state index in [1.54, 1.807) is 7.11 Å². The molecule has 3 heterocycles. The summed E-state index contributed by atoms with van der Waals surface area (Å²) in [5.74, 6) is 2.08. The molecule has 8 heteroatoms. The molecule has 1 fully saturated rings. The smallest absolute Gasteiger partial charge is 0.241 e. The van der Waals surface area contributed by atoms with Crippen molar-refractivity contribution in [1.29, 1.82) is 0 Å². The van der Waals surface area contributed by atoms with Gasteiger partial charge in [-0.1, -0.05) is 23.4 Å². The van der Waals surface area contributed by atoms with Crippen LogP contribution in [-0.2, 0) is 25.9 Å². The number of hydrogen-bond acceptors (Lipinski definition) is 7. The predicted octanol–water partition coefficient (Wildman–Crippen LogP) is 3.74. The molecule has 1 aliphatic carbocycles. The zero-order valence-corrected chi connectivity index (χ0v) is 20.1. The van der Waals surface area contributed by atoms with Crippen molar-refractivity contribution in [3.63, 3.8) is 0 Å². The van der Waals surface area contributed by atoms with Crippen LogP contribution in [0, 0.1) is 0 Å². The first kappa shape index (κ1) is 22.0. The van der Waals surface area contributed by atoms with Crippen LogP contribution in [0.3, 0.4) is 0 Å². The molecular weight excluding hydrogens is 440 g/mol. The number of hydrogen-bond donors (Lipinski definition) is 0. The average Bonchev–Trinajstić information content (AvgIpc) is 3.64. The first-order valence-corrected chi connectivity index (χ1v) is 12.3. The highest BCUT2D eigenvalue weighted by Gasteiger charge is 2.26. The van der Waals surface area contributed by atoms with Gasteiger partial charge >= 0.3 is 0 Å². The predicted molar refractivity (Wildman–Crippen MR) is 132 cm³/mol. The largest absolute Gasteiger partial charge is 0.497 e. The molecule has 35 heavy (non-hydrogen) atoms. The minimum atomic E-state index is 0.615. The number of methoxy groups -OCH3 is 1. The van der Waals surface area contributed by atoms with Crippen molar-refractivity contribution in [3.8, 4) is 22.8 Å². The minimum absolute atomic E-state index is 0.615. The average molecular weight is 471 g/mol. The van der Waals surface area contributed by atoms with Gasteiger partial charge in [-0.25, -0.2) is 4.68 Å². The Morgan fingerprint density at radius 2 is 1.63 bits per heavy atom. The maximum Gasteiger partial charge on any atom is 0.241 e. The van der Waals surface area contributed by atoms with Crippen LogP contribution in [0.25, 0.3) is 17.1 Å². The van der Waals surface area contributed by atoms with Crippen molar-refractivity contribution < 1.29 is 9.26 Å². The number of para-hydroxylation sites is 1. The van der Waals surface area contributed by atoms with Crippen molar-refractivity contribution in [2.75, 3.05) is 33.3 Å². The van der Waals surface area contributed by atoms with Crippen LogP contribution in [-0.4, -0.2) is 63.0 Å². The SMILES string of the molecule is COc1ccc(-c2noc(CN3CCN(Cc4nn(-c5ccccc5)c5c4CCC5)CC3)n2)cc1. The van der Waals surface area contributed by atoms with E-state index < -0.39 is 0 Å². The second kappa shape index (κ2) is 9.64. The van der Waals surface area contributed by atoms with E-state index in [1.165, 1.54) is 23.4 Å². The summed E-state index contributed by atoms with van der Waals surface area (Å²) in [6.07, 6.45) is 3.49. The number of piperazine rings is 1. The zero-order chi connectivity index (χ0) is 23.6. The monoisotopic (exact) mass is 470 g/mol. The van der Waals surface area contributed by atoms with Crippen molar-refractivity contribution in [1.82, 2.24) is 29.7 Å². The summed E-state index contributed by atoms with van der Waals surface area (Å²) in [6, 6.07) is 18.2. The summed E-state index contributed by atoms with van der Waals surface area (Å²) in [7, 11) is 1.66. The quantitative estimate of drug-likeness (QED) is 0.407. The molecule has 0 amide bonds. The van der Waals surface area contributed by atoms with Crippen LogP contribution in [0.5, 0.6) is 5.75 Å². The van der Waals surface area contributed by atoms with Crippen molar-refractivity contribution >= 4 is 0 Å². The molecule has 4 aromatic rings. The Kier molecular flexibility index (Phi) is 6.06. The second-order valence-electron chi connectivity index (χ2n) is 9.27. The van der Waals surface area contributed by atoms with Gasteiger partial charge < -0.3 is 9.26 Å². The fourth-order valence-corrected chi connectivity index (χ4v) is 5.11. The molecule has 1 aliphatic heterocycles. The van der Waals surface area contributed by atoms with E-state index >= 15 is 0 Å².